The normalized spacial score (nSPS) is 12.4. The molecule has 0 aliphatic rings. The van der Waals surface area contributed by atoms with E-state index >= 15 is 0 Å². The van der Waals surface area contributed by atoms with Gasteiger partial charge in [-0.15, -0.1) is 0 Å². The van der Waals surface area contributed by atoms with Gasteiger partial charge in [0.25, 0.3) is 0 Å². The SMILES string of the molecule is NCC(Cc1cc(Cl)ccc1Cl)c1ccccc1F. The number of nitrogens with two attached hydrogens (primary N) is 1. The van der Waals surface area contributed by atoms with Crippen LogP contribution in [0, 0.1) is 5.82 Å². The molecule has 0 saturated heterocycles. The molecular formula is C15H14Cl2FN. The van der Waals surface area contributed by atoms with Crippen LogP contribution in [-0.2, 0) is 6.42 Å². The third kappa shape index (κ3) is 3.47. The Kier molecular flexibility index (Phi) is 4.81. The second-order valence-corrected chi connectivity index (χ2v) is 5.24. The molecule has 0 spiro atoms. The first-order chi connectivity index (χ1) is 9.11. The summed E-state index contributed by atoms with van der Waals surface area (Å²) in [4.78, 5) is 0. The molecule has 0 aliphatic heterocycles. The molecule has 2 N–H and O–H groups in total. The van der Waals surface area contributed by atoms with Crippen LogP contribution in [0.15, 0.2) is 42.5 Å². The second-order valence-electron chi connectivity index (χ2n) is 4.39. The highest BCUT2D eigenvalue weighted by molar-refractivity contribution is 6.33. The van der Waals surface area contributed by atoms with Crippen molar-refractivity contribution in [2.24, 2.45) is 5.73 Å². The molecule has 0 saturated carbocycles. The number of hydrogen-bond donors (Lipinski definition) is 1. The van der Waals surface area contributed by atoms with E-state index in [1.54, 1.807) is 36.4 Å². The van der Waals surface area contributed by atoms with Crippen LogP contribution in [0.5, 0.6) is 0 Å². The van der Waals surface area contributed by atoms with E-state index in [2.05, 4.69) is 0 Å². The average molecular weight is 298 g/mol. The molecule has 0 heterocycles. The summed E-state index contributed by atoms with van der Waals surface area (Å²) < 4.78 is 13.8. The third-order valence-corrected chi connectivity index (χ3v) is 3.71. The fraction of sp³-hybridized carbons (Fsp3) is 0.200. The van der Waals surface area contributed by atoms with Crippen molar-refractivity contribution < 1.29 is 4.39 Å². The maximum Gasteiger partial charge on any atom is 0.126 e. The van der Waals surface area contributed by atoms with Gasteiger partial charge in [-0.1, -0.05) is 41.4 Å². The highest BCUT2D eigenvalue weighted by atomic mass is 35.5. The van der Waals surface area contributed by atoms with Crippen LogP contribution in [0.2, 0.25) is 10.0 Å². The molecule has 100 valence electrons. The van der Waals surface area contributed by atoms with Gasteiger partial charge in [-0.25, -0.2) is 4.39 Å². The maximum atomic E-state index is 13.8. The fourth-order valence-corrected chi connectivity index (χ4v) is 2.48. The summed E-state index contributed by atoms with van der Waals surface area (Å²) in [7, 11) is 0. The van der Waals surface area contributed by atoms with E-state index in [0.717, 1.165) is 5.56 Å². The van der Waals surface area contributed by atoms with Crippen molar-refractivity contribution >= 4 is 23.2 Å². The predicted octanol–water partition coefficient (Wildman–Crippen LogP) is 4.42. The second kappa shape index (κ2) is 6.38. The molecule has 1 nitrogen and oxygen atoms in total. The standard InChI is InChI=1S/C15H14Cl2FN/c16-12-5-6-14(17)10(8-12)7-11(9-19)13-3-1-2-4-15(13)18/h1-6,8,11H,7,9,19H2. The van der Waals surface area contributed by atoms with Crippen molar-refractivity contribution in [3.05, 3.63) is 69.5 Å². The first kappa shape index (κ1) is 14.3. The summed E-state index contributed by atoms with van der Waals surface area (Å²) in [5.41, 5.74) is 7.26. The van der Waals surface area contributed by atoms with Crippen molar-refractivity contribution in [2.45, 2.75) is 12.3 Å². The van der Waals surface area contributed by atoms with Crippen molar-refractivity contribution in [2.75, 3.05) is 6.54 Å². The van der Waals surface area contributed by atoms with Gasteiger partial charge in [0, 0.05) is 16.0 Å². The predicted molar refractivity (Wildman–Crippen MR) is 78.4 cm³/mol. The summed E-state index contributed by atoms with van der Waals surface area (Å²) in [6, 6.07) is 11.9. The lowest BCUT2D eigenvalue weighted by molar-refractivity contribution is 0.576. The lowest BCUT2D eigenvalue weighted by Gasteiger charge is -2.17. The van der Waals surface area contributed by atoms with Gasteiger partial charge in [-0.3, -0.25) is 0 Å². The Labute approximate surface area is 122 Å². The van der Waals surface area contributed by atoms with Crippen molar-refractivity contribution in [1.82, 2.24) is 0 Å². The van der Waals surface area contributed by atoms with Gasteiger partial charge in [0.15, 0.2) is 0 Å². The molecular weight excluding hydrogens is 284 g/mol. The number of benzene rings is 2. The molecule has 0 amide bonds. The maximum absolute atomic E-state index is 13.8. The minimum absolute atomic E-state index is 0.114. The molecule has 2 aromatic rings. The van der Waals surface area contributed by atoms with Gasteiger partial charge in [0.1, 0.15) is 5.82 Å². The average Bonchev–Trinajstić information content (AvgIpc) is 2.41. The van der Waals surface area contributed by atoms with E-state index in [4.69, 9.17) is 28.9 Å². The number of halogens is 3. The monoisotopic (exact) mass is 297 g/mol. The molecule has 4 heteroatoms. The van der Waals surface area contributed by atoms with Crippen LogP contribution in [0.1, 0.15) is 17.0 Å². The van der Waals surface area contributed by atoms with E-state index in [0.29, 0.717) is 28.6 Å². The Morgan fingerprint density at radius 2 is 1.84 bits per heavy atom. The quantitative estimate of drug-likeness (QED) is 0.888. The number of rotatable bonds is 4. The smallest absolute Gasteiger partial charge is 0.126 e. The zero-order chi connectivity index (χ0) is 13.8. The Balaban J connectivity index is 2.29. The summed E-state index contributed by atoms with van der Waals surface area (Å²) >= 11 is 12.1. The Morgan fingerprint density at radius 3 is 2.53 bits per heavy atom. The Morgan fingerprint density at radius 1 is 1.11 bits per heavy atom. The summed E-state index contributed by atoms with van der Waals surface area (Å²) in [6.07, 6.45) is 0.566. The highest BCUT2D eigenvalue weighted by Gasteiger charge is 2.16. The Bertz CT molecular complexity index is 572. The van der Waals surface area contributed by atoms with Crippen LogP contribution < -0.4 is 5.73 Å². The van der Waals surface area contributed by atoms with Crippen LogP contribution in [0.25, 0.3) is 0 Å². The van der Waals surface area contributed by atoms with Gasteiger partial charge < -0.3 is 5.73 Å². The molecule has 2 aromatic carbocycles. The minimum atomic E-state index is -0.240. The molecule has 1 unspecified atom stereocenters. The van der Waals surface area contributed by atoms with E-state index in [1.165, 1.54) is 6.07 Å². The summed E-state index contributed by atoms with van der Waals surface area (Å²) in [6.45, 7) is 0.351. The van der Waals surface area contributed by atoms with E-state index in [9.17, 15) is 4.39 Å². The topological polar surface area (TPSA) is 26.0 Å². The molecule has 1 atom stereocenters. The van der Waals surface area contributed by atoms with Gasteiger partial charge in [-0.05, 0) is 48.4 Å². The van der Waals surface area contributed by atoms with Gasteiger partial charge in [0.2, 0.25) is 0 Å². The zero-order valence-corrected chi connectivity index (χ0v) is 11.8. The van der Waals surface area contributed by atoms with Crippen molar-refractivity contribution in [3.63, 3.8) is 0 Å². The first-order valence-corrected chi connectivity index (χ1v) is 6.76. The van der Waals surface area contributed by atoms with Gasteiger partial charge >= 0.3 is 0 Å². The van der Waals surface area contributed by atoms with E-state index in [1.807, 2.05) is 0 Å². The molecule has 0 fully saturated rings. The van der Waals surface area contributed by atoms with Crippen molar-refractivity contribution in [1.29, 1.82) is 0 Å². The molecule has 2 rings (SSSR count). The third-order valence-electron chi connectivity index (χ3n) is 3.10. The lowest BCUT2D eigenvalue weighted by atomic mass is 9.91. The van der Waals surface area contributed by atoms with Crippen LogP contribution in [0.3, 0.4) is 0 Å². The van der Waals surface area contributed by atoms with Crippen molar-refractivity contribution in [3.8, 4) is 0 Å². The summed E-state index contributed by atoms with van der Waals surface area (Å²) in [5, 5.41) is 1.24. The zero-order valence-electron chi connectivity index (χ0n) is 10.2. The van der Waals surface area contributed by atoms with Gasteiger partial charge in [-0.2, -0.15) is 0 Å². The van der Waals surface area contributed by atoms with E-state index < -0.39 is 0 Å². The fourth-order valence-electron chi connectivity index (χ4n) is 2.09. The Hall–Kier alpha value is -1.09. The lowest BCUT2D eigenvalue weighted by Crippen LogP contribution is -2.16. The van der Waals surface area contributed by atoms with Crippen LogP contribution in [-0.4, -0.2) is 6.54 Å². The van der Waals surface area contributed by atoms with Crippen LogP contribution >= 0.6 is 23.2 Å². The van der Waals surface area contributed by atoms with Gasteiger partial charge in [0.05, 0.1) is 0 Å². The van der Waals surface area contributed by atoms with Crippen LogP contribution in [0.4, 0.5) is 4.39 Å². The largest absolute Gasteiger partial charge is 0.330 e. The number of hydrogen-bond acceptors (Lipinski definition) is 1. The highest BCUT2D eigenvalue weighted by Crippen LogP contribution is 2.28. The minimum Gasteiger partial charge on any atom is -0.330 e. The molecule has 0 aliphatic carbocycles. The molecule has 19 heavy (non-hydrogen) atoms. The summed E-state index contributed by atoms with van der Waals surface area (Å²) in [5.74, 6) is -0.353. The molecule has 0 bridgehead atoms. The first-order valence-electron chi connectivity index (χ1n) is 6.00. The molecule has 0 aromatic heterocycles. The molecule has 0 radical (unpaired) electrons. The van der Waals surface area contributed by atoms with E-state index in [-0.39, 0.29) is 11.7 Å².